The van der Waals surface area contributed by atoms with Crippen molar-refractivity contribution in [2.75, 3.05) is 0 Å². The number of halogens is 1. The molecule has 2 rings (SSSR count). The predicted molar refractivity (Wildman–Crippen MR) is 63.3 cm³/mol. The molecule has 3 nitrogen and oxygen atoms in total. The van der Waals surface area contributed by atoms with Gasteiger partial charge in [0.05, 0.1) is 12.3 Å². The highest BCUT2D eigenvalue weighted by molar-refractivity contribution is 5.66. The van der Waals surface area contributed by atoms with Crippen LogP contribution in [0.2, 0.25) is 0 Å². The van der Waals surface area contributed by atoms with E-state index in [0.717, 1.165) is 11.1 Å². The third kappa shape index (κ3) is 2.23. The van der Waals surface area contributed by atoms with Gasteiger partial charge in [0.2, 0.25) is 0 Å². The van der Waals surface area contributed by atoms with Crippen LogP contribution in [0.4, 0.5) is 4.39 Å². The van der Waals surface area contributed by atoms with Crippen molar-refractivity contribution < 1.29 is 4.39 Å². The Balaban J connectivity index is 2.39. The Kier molecular flexibility index (Phi) is 3.01. The molecule has 1 heterocycles. The molecule has 84 valence electrons. The van der Waals surface area contributed by atoms with Crippen molar-refractivity contribution in [3.8, 4) is 17.2 Å². The van der Waals surface area contributed by atoms with E-state index in [0.29, 0.717) is 5.56 Å². The fourth-order valence-electron chi connectivity index (χ4n) is 1.55. The lowest BCUT2D eigenvalue weighted by molar-refractivity contribution is 0.625. The molecule has 0 unspecified atom stereocenters. The van der Waals surface area contributed by atoms with E-state index in [1.165, 1.54) is 16.8 Å². The number of rotatable bonds is 3. The Morgan fingerprint density at radius 3 is 3.00 bits per heavy atom. The van der Waals surface area contributed by atoms with Gasteiger partial charge in [0.1, 0.15) is 12.4 Å². The Morgan fingerprint density at radius 1 is 1.47 bits per heavy atom. The quantitative estimate of drug-likeness (QED) is 0.809. The van der Waals surface area contributed by atoms with Gasteiger partial charge in [-0.15, -0.1) is 0 Å². The number of benzene rings is 1. The summed E-state index contributed by atoms with van der Waals surface area (Å²) in [4.78, 5) is 0. The second kappa shape index (κ2) is 4.62. The van der Waals surface area contributed by atoms with Crippen molar-refractivity contribution in [2.24, 2.45) is 0 Å². The van der Waals surface area contributed by atoms with Crippen LogP contribution in [0.1, 0.15) is 5.56 Å². The number of nitriles is 1. The fourth-order valence-corrected chi connectivity index (χ4v) is 1.55. The van der Waals surface area contributed by atoms with Crippen LogP contribution in [0.25, 0.3) is 17.2 Å². The van der Waals surface area contributed by atoms with Gasteiger partial charge in [-0.3, -0.25) is 4.68 Å². The standard InChI is InChI=1S/C13H10FN3/c1-2-10-7-11(3-4-13(10)14)12-8-16-17(9-12)6-5-15/h2-4,7-9H,1,6H2. The van der Waals surface area contributed by atoms with Gasteiger partial charge in [-0.1, -0.05) is 18.7 Å². The van der Waals surface area contributed by atoms with E-state index in [4.69, 9.17) is 5.26 Å². The van der Waals surface area contributed by atoms with Gasteiger partial charge in [0.15, 0.2) is 0 Å². The van der Waals surface area contributed by atoms with Gasteiger partial charge >= 0.3 is 0 Å². The molecular weight excluding hydrogens is 217 g/mol. The summed E-state index contributed by atoms with van der Waals surface area (Å²) in [5.74, 6) is -0.298. The van der Waals surface area contributed by atoms with Gasteiger partial charge in [-0.2, -0.15) is 10.4 Å². The molecule has 0 amide bonds. The summed E-state index contributed by atoms with van der Waals surface area (Å²) >= 11 is 0. The topological polar surface area (TPSA) is 41.6 Å². The zero-order valence-electron chi connectivity index (χ0n) is 9.10. The molecule has 0 fully saturated rings. The fraction of sp³-hybridized carbons (Fsp3) is 0.0769. The molecule has 0 N–H and O–H groups in total. The van der Waals surface area contributed by atoms with E-state index in [9.17, 15) is 4.39 Å². The molecule has 0 saturated heterocycles. The monoisotopic (exact) mass is 227 g/mol. The second-order valence-electron chi connectivity index (χ2n) is 3.53. The summed E-state index contributed by atoms with van der Waals surface area (Å²) in [7, 11) is 0. The third-order valence-electron chi connectivity index (χ3n) is 2.42. The van der Waals surface area contributed by atoms with E-state index >= 15 is 0 Å². The van der Waals surface area contributed by atoms with Crippen molar-refractivity contribution in [2.45, 2.75) is 6.54 Å². The van der Waals surface area contributed by atoms with Gasteiger partial charge in [0, 0.05) is 17.3 Å². The molecule has 17 heavy (non-hydrogen) atoms. The Bertz CT molecular complexity index is 593. The number of aromatic nitrogens is 2. The predicted octanol–water partition coefficient (Wildman–Crippen LogP) is 2.86. The zero-order chi connectivity index (χ0) is 12.3. The first-order valence-electron chi connectivity index (χ1n) is 5.06. The maximum Gasteiger partial charge on any atom is 0.130 e. The van der Waals surface area contributed by atoms with E-state index in [2.05, 4.69) is 11.7 Å². The van der Waals surface area contributed by atoms with E-state index in [1.54, 1.807) is 24.5 Å². The number of hydrogen-bond acceptors (Lipinski definition) is 2. The maximum absolute atomic E-state index is 13.3. The maximum atomic E-state index is 13.3. The lowest BCUT2D eigenvalue weighted by atomic mass is 10.1. The SMILES string of the molecule is C=Cc1cc(-c2cnn(CC#N)c2)ccc1F. The van der Waals surface area contributed by atoms with E-state index < -0.39 is 0 Å². The molecule has 0 aliphatic rings. The average molecular weight is 227 g/mol. The molecule has 0 spiro atoms. The lowest BCUT2D eigenvalue weighted by Gasteiger charge is -2.00. The Morgan fingerprint density at radius 2 is 2.29 bits per heavy atom. The highest BCUT2D eigenvalue weighted by atomic mass is 19.1. The lowest BCUT2D eigenvalue weighted by Crippen LogP contribution is -1.94. The second-order valence-corrected chi connectivity index (χ2v) is 3.53. The summed E-state index contributed by atoms with van der Waals surface area (Å²) in [6.45, 7) is 3.76. The molecule has 0 atom stereocenters. The highest BCUT2D eigenvalue weighted by Crippen LogP contribution is 2.22. The van der Waals surface area contributed by atoms with Crippen molar-refractivity contribution in [1.82, 2.24) is 9.78 Å². The summed E-state index contributed by atoms with van der Waals surface area (Å²) in [5, 5.41) is 12.6. The first kappa shape index (κ1) is 11.1. The molecule has 1 aromatic carbocycles. The summed E-state index contributed by atoms with van der Waals surface area (Å²) in [5.41, 5.74) is 2.16. The van der Waals surface area contributed by atoms with Gasteiger partial charge in [-0.25, -0.2) is 4.39 Å². The van der Waals surface area contributed by atoms with Crippen molar-refractivity contribution in [1.29, 1.82) is 5.26 Å². The minimum absolute atomic E-state index is 0.204. The molecule has 0 saturated carbocycles. The number of hydrogen-bond donors (Lipinski definition) is 0. The summed E-state index contributed by atoms with van der Waals surface area (Å²) in [6, 6.07) is 6.78. The molecule has 2 aromatic rings. The first-order valence-corrected chi connectivity index (χ1v) is 5.06. The molecule has 0 bridgehead atoms. The first-order chi connectivity index (χ1) is 8.24. The van der Waals surface area contributed by atoms with Crippen LogP contribution in [0.5, 0.6) is 0 Å². The molecule has 0 aliphatic heterocycles. The Labute approximate surface area is 98.4 Å². The van der Waals surface area contributed by atoms with Gasteiger partial charge in [-0.05, 0) is 17.7 Å². The zero-order valence-corrected chi connectivity index (χ0v) is 9.10. The van der Waals surface area contributed by atoms with Crippen LogP contribution in [0.3, 0.4) is 0 Å². The summed E-state index contributed by atoms with van der Waals surface area (Å²) in [6.07, 6.45) is 4.87. The third-order valence-corrected chi connectivity index (χ3v) is 2.42. The smallest absolute Gasteiger partial charge is 0.130 e. The van der Waals surface area contributed by atoms with Crippen LogP contribution < -0.4 is 0 Å². The Hall–Kier alpha value is -2.41. The van der Waals surface area contributed by atoms with E-state index in [1.807, 2.05) is 6.07 Å². The molecule has 1 aromatic heterocycles. The van der Waals surface area contributed by atoms with Gasteiger partial charge in [0.25, 0.3) is 0 Å². The minimum atomic E-state index is -0.298. The molecule has 0 radical (unpaired) electrons. The van der Waals surface area contributed by atoms with Crippen LogP contribution in [-0.2, 0) is 6.54 Å². The largest absolute Gasteiger partial charge is 0.258 e. The van der Waals surface area contributed by atoms with Crippen LogP contribution in [0.15, 0.2) is 37.2 Å². The summed E-state index contributed by atoms with van der Waals surface area (Å²) < 4.78 is 14.8. The van der Waals surface area contributed by atoms with Crippen molar-refractivity contribution in [3.63, 3.8) is 0 Å². The van der Waals surface area contributed by atoms with Crippen LogP contribution in [-0.4, -0.2) is 9.78 Å². The molecular formula is C13H10FN3. The highest BCUT2D eigenvalue weighted by Gasteiger charge is 2.05. The van der Waals surface area contributed by atoms with Gasteiger partial charge < -0.3 is 0 Å². The van der Waals surface area contributed by atoms with Crippen molar-refractivity contribution >= 4 is 6.08 Å². The number of nitrogens with zero attached hydrogens (tertiary/aromatic N) is 3. The van der Waals surface area contributed by atoms with Crippen LogP contribution in [0, 0.1) is 17.1 Å². The minimum Gasteiger partial charge on any atom is -0.258 e. The van der Waals surface area contributed by atoms with Crippen molar-refractivity contribution in [3.05, 3.63) is 48.6 Å². The molecule has 4 heteroatoms. The normalized spacial score (nSPS) is 9.88. The molecule has 0 aliphatic carbocycles. The average Bonchev–Trinajstić information content (AvgIpc) is 2.79. The van der Waals surface area contributed by atoms with E-state index in [-0.39, 0.29) is 12.4 Å². The van der Waals surface area contributed by atoms with Crippen LogP contribution >= 0.6 is 0 Å².